The zero-order valence-electron chi connectivity index (χ0n) is 15.5. The standard InChI is InChI=1S/C19H24N6O/c1-13(2)25-15(4)18(14(3)23-25)22-19(26)21-17-7-5-6-16(10-17)11-24-9-8-20-12-24/h5-10,12-13H,11H2,1-4H3,(H2,21,22,26). The molecule has 0 fully saturated rings. The number of rotatable bonds is 5. The van der Waals surface area contributed by atoms with Crippen molar-refractivity contribution in [3.8, 4) is 0 Å². The van der Waals surface area contributed by atoms with E-state index in [9.17, 15) is 4.79 Å². The van der Waals surface area contributed by atoms with Crippen molar-refractivity contribution >= 4 is 17.4 Å². The third-order valence-electron chi connectivity index (χ3n) is 4.16. The van der Waals surface area contributed by atoms with Crippen molar-refractivity contribution in [2.24, 2.45) is 0 Å². The maximum Gasteiger partial charge on any atom is 0.323 e. The number of carbonyl (C=O) groups is 1. The van der Waals surface area contributed by atoms with E-state index in [0.717, 1.165) is 28.3 Å². The molecule has 0 radical (unpaired) electrons. The number of hydrogen-bond acceptors (Lipinski definition) is 3. The maximum atomic E-state index is 12.4. The molecule has 0 saturated heterocycles. The van der Waals surface area contributed by atoms with E-state index in [1.165, 1.54) is 0 Å². The number of anilines is 2. The van der Waals surface area contributed by atoms with Gasteiger partial charge in [0.05, 0.1) is 23.4 Å². The summed E-state index contributed by atoms with van der Waals surface area (Å²) < 4.78 is 3.89. The molecule has 7 nitrogen and oxygen atoms in total. The highest BCUT2D eigenvalue weighted by molar-refractivity contribution is 6.00. The van der Waals surface area contributed by atoms with Crippen LogP contribution in [-0.2, 0) is 6.54 Å². The zero-order valence-corrected chi connectivity index (χ0v) is 15.5. The van der Waals surface area contributed by atoms with Crippen molar-refractivity contribution in [2.75, 3.05) is 10.6 Å². The highest BCUT2D eigenvalue weighted by atomic mass is 16.2. The number of aromatic nitrogens is 4. The monoisotopic (exact) mass is 352 g/mol. The van der Waals surface area contributed by atoms with Gasteiger partial charge in [0.25, 0.3) is 0 Å². The molecule has 0 atom stereocenters. The molecule has 26 heavy (non-hydrogen) atoms. The summed E-state index contributed by atoms with van der Waals surface area (Å²) in [5.74, 6) is 0. The Morgan fingerprint density at radius 3 is 2.69 bits per heavy atom. The van der Waals surface area contributed by atoms with Crippen molar-refractivity contribution < 1.29 is 4.79 Å². The lowest BCUT2D eigenvalue weighted by Gasteiger charge is -2.11. The molecule has 7 heteroatoms. The van der Waals surface area contributed by atoms with Gasteiger partial charge in [-0.1, -0.05) is 12.1 Å². The fourth-order valence-electron chi connectivity index (χ4n) is 2.96. The van der Waals surface area contributed by atoms with E-state index in [1.54, 1.807) is 12.5 Å². The summed E-state index contributed by atoms with van der Waals surface area (Å²) >= 11 is 0. The van der Waals surface area contributed by atoms with Gasteiger partial charge in [-0.3, -0.25) is 4.68 Å². The number of aryl methyl sites for hydroxylation is 1. The number of urea groups is 1. The van der Waals surface area contributed by atoms with E-state index < -0.39 is 0 Å². The molecule has 0 bridgehead atoms. The van der Waals surface area contributed by atoms with Gasteiger partial charge >= 0.3 is 6.03 Å². The second-order valence-electron chi connectivity index (χ2n) is 6.60. The molecule has 1 aromatic carbocycles. The van der Waals surface area contributed by atoms with E-state index in [1.807, 2.05) is 53.6 Å². The Bertz CT molecular complexity index is 895. The van der Waals surface area contributed by atoms with Crippen LogP contribution in [0.15, 0.2) is 43.0 Å². The van der Waals surface area contributed by atoms with Gasteiger partial charge in [0.15, 0.2) is 0 Å². The van der Waals surface area contributed by atoms with Gasteiger partial charge in [0, 0.05) is 30.7 Å². The van der Waals surface area contributed by atoms with Crippen LogP contribution < -0.4 is 10.6 Å². The van der Waals surface area contributed by atoms with Crippen molar-refractivity contribution in [1.82, 2.24) is 19.3 Å². The second kappa shape index (κ2) is 7.43. The summed E-state index contributed by atoms with van der Waals surface area (Å²) in [7, 11) is 0. The number of carbonyl (C=O) groups excluding carboxylic acids is 1. The molecule has 0 spiro atoms. The smallest absolute Gasteiger partial charge is 0.323 e. The number of hydrogen-bond donors (Lipinski definition) is 2. The molecule has 0 saturated carbocycles. The molecule has 136 valence electrons. The van der Waals surface area contributed by atoms with Crippen LogP contribution in [0.25, 0.3) is 0 Å². The predicted molar refractivity (Wildman–Crippen MR) is 102 cm³/mol. The van der Waals surface area contributed by atoms with Crippen LogP contribution in [-0.4, -0.2) is 25.4 Å². The van der Waals surface area contributed by atoms with Crippen LogP contribution in [0.3, 0.4) is 0 Å². The minimum absolute atomic E-state index is 0.243. The minimum Gasteiger partial charge on any atom is -0.333 e. The van der Waals surface area contributed by atoms with Gasteiger partial charge in [-0.15, -0.1) is 0 Å². The highest BCUT2D eigenvalue weighted by Gasteiger charge is 2.15. The number of benzene rings is 1. The molecule has 2 heterocycles. The van der Waals surface area contributed by atoms with Gasteiger partial charge < -0.3 is 15.2 Å². The highest BCUT2D eigenvalue weighted by Crippen LogP contribution is 2.22. The van der Waals surface area contributed by atoms with Gasteiger partial charge in [0.2, 0.25) is 0 Å². The van der Waals surface area contributed by atoms with Crippen LogP contribution >= 0.6 is 0 Å². The topological polar surface area (TPSA) is 76.8 Å². The Morgan fingerprint density at radius 2 is 2.04 bits per heavy atom. The first kappa shape index (κ1) is 17.7. The fourth-order valence-corrected chi connectivity index (χ4v) is 2.96. The molecule has 0 aliphatic carbocycles. The summed E-state index contributed by atoms with van der Waals surface area (Å²) in [6.45, 7) is 8.69. The third kappa shape index (κ3) is 3.93. The van der Waals surface area contributed by atoms with E-state index >= 15 is 0 Å². The molecular weight excluding hydrogens is 328 g/mol. The van der Waals surface area contributed by atoms with Crippen LogP contribution in [0.4, 0.5) is 16.2 Å². The molecular formula is C19H24N6O. The number of amides is 2. The molecule has 2 aromatic heterocycles. The van der Waals surface area contributed by atoms with Gasteiger partial charge in [-0.05, 0) is 45.4 Å². The predicted octanol–water partition coefficient (Wildman–Crippen LogP) is 3.97. The van der Waals surface area contributed by atoms with Gasteiger partial charge in [0.1, 0.15) is 0 Å². The van der Waals surface area contributed by atoms with E-state index in [2.05, 4.69) is 34.6 Å². The first-order valence-corrected chi connectivity index (χ1v) is 8.62. The SMILES string of the molecule is Cc1nn(C(C)C)c(C)c1NC(=O)Nc1cccc(Cn2ccnc2)c1. The average molecular weight is 352 g/mol. The molecule has 2 N–H and O–H groups in total. The van der Waals surface area contributed by atoms with Crippen LogP contribution in [0.2, 0.25) is 0 Å². The number of nitrogens with zero attached hydrogens (tertiary/aromatic N) is 4. The normalized spacial score (nSPS) is 11.0. The maximum absolute atomic E-state index is 12.4. The number of imidazole rings is 1. The fraction of sp³-hybridized carbons (Fsp3) is 0.316. The first-order chi connectivity index (χ1) is 12.4. The molecule has 0 aliphatic rings. The third-order valence-corrected chi connectivity index (χ3v) is 4.16. The molecule has 3 aromatic rings. The van der Waals surface area contributed by atoms with Crippen molar-refractivity contribution in [3.63, 3.8) is 0 Å². The lowest BCUT2D eigenvalue weighted by Crippen LogP contribution is -2.20. The Kier molecular flexibility index (Phi) is 5.06. The van der Waals surface area contributed by atoms with Crippen molar-refractivity contribution in [1.29, 1.82) is 0 Å². The van der Waals surface area contributed by atoms with Gasteiger partial charge in [-0.25, -0.2) is 9.78 Å². The second-order valence-corrected chi connectivity index (χ2v) is 6.60. The van der Waals surface area contributed by atoms with E-state index in [0.29, 0.717) is 6.54 Å². The molecule has 0 aliphatic heterocycles. The summed E-state index contributed by atoms with van der Waals surface area (Å²) in [5, 5.41) is 10.3. The quantitative estimate of drug-likeness (QED) is 0.729. The van der Waals surface area contributed by atoms with Crippen molar-refractivity contribution in [3.05, 3.63) is 59.9 Å². The Balaban J connectivity index is 1.69. The summed E-state index contributed by atoms with van der Waals surface area (Å²) in [6.07, 6.45) is 5.42. The zero-order chi connectivity index (χ0) is 18.7. The summed E-state index contributed by atoms with van der Waals surface area (Å²) in [4.78, 5) is 16.5. The Morgan fingerprint density at radius 1 is 1.23 bits per heavy atom. The Labute approximate surface area is 153 Å². The Hall–Kier alpha value is -3.09. The molecule has 3 rings (SSSR count). The summed E-state index contributed by atoms with van der Waals surface area (Å²) in [5.41, 5.74) is 4.33. The van der Waals surface area contributed by atoms with Crippen LogP contribution in [0.1, 0.15) is 36.8 Å². The van der Waals surface area contributed by atoms with Crippen LogP contribution in [0.5, 0.6) is 0 Å². The largest absolute Gasteiger partial charge is 0.333 e. The average Bonchev–Trinajstić information content (AvgIpc) is 3.18. The van der Waals surface area contributed by atoms with E-state index in [4.69, 9.17) is 0 Å². The summed E-state index contributed by atoms with van der Waals surface area (Å²) in [6, 6.07) is 7.73. The minimum atomic E-state index is -0.278. The van der Waals surface area contributed by atoms with Crippen LogP contribution in [0, 0.1) is 13.8 Å². The number of nitrogens with one attached hydrogen (secondary N) is 2. The van der Waals surface area contributed by atoms with Gasteiger partial charge in [-0.2, -0.15) is 5.10 Å². The molecule has 0 unspecified atom stereocenters. The molecule has 2 amide bonds. The first-order valence-electron chi connectivity index (χ1n) is 8.62. The van der Waals surface area contributed by atoms with Crippen molar-refractivity contribution in [2.45, 2.75) is 40.3 Å². The lowest BCUT2D eigenvalue weighted by molar-refractivity contribution is 0.262. The van der Waals surface area contributed by atoms with E-state index in [-0.39, 0.29) is 12.1 Å². The lowest BCUT2D eigenvalue weighted by atomic mass is 10.2.